The third-order valence-electron chi connectivity index (χ3n) is 5.24. The molecule has 0 atom stereocenters. The molecular weight excluding hydrogens is 406 g/mol. The quantitative estimate of drug-likeness (QED) is 0.476. The van der Waals surface area contributed by atoms with Gasteiger partial charge in [-0.1, -0.05) is 37.4 Å². The van der Waals surface area contributed by atoms with E-state index in [4.69, 9.17) is 4.74 Å². The van der Waals surface area contributed by atoms with Gasteiger partial charge in [0, 0.05) is 42.3 Å². The number of methoxy groups -OCH3 is 1. The summed E-state index contributed by atoms with van der Waals surface area (Å²) in [7, 11) is 1.69. The van der Waals surface area contributed by atoms with E-state index >= 15 is 0 Å². The number of nitrogens with zero attached hydrogens (tertiary/aromatic N) is 2. The molecular formula is C25H29N3O2S. The average Bonchev–Trinajstić information content (AvgIpc) is 2.82. The molecule has 0 aliphatic carbocycles. The molecule has 0 bridgehead atoms. The third-order valence-corrected chi connectivity index (χ3v) is 6.06. The van der Waals surface area contributed by atoms with Gasteiger partial charge in [-0.15, -0.1) is 0 Å². The zero-order valence-electron chi connectivity index (χ0n) is 18.1. The molecule has 31 heavy (non-hydrogen) atoms. The van der Waals surface area contributed by atoms with Crippen molar-refractivity contribution >= 4 is 23.5 Å². The van der Waals surface area contributed by atoms with Crippen LogP contribution >= 0.6 is 11.9 Å². The van der Waals surface area contributed by atoms with Crippen LogP contribution in [0.5, 0.6) is 5.75 Å². The number of aryl methyl sites for hydroxylation is 1. The lowest BCUT2D eigenvalue weighted by molar-refractivity contribution is 0.0745. The molecule has 1 heterocycles. The van der Waals surface area contributed by atoms with Crippen molar-refractivity contribution in [2.45, 2.75) is 11.8 Å². The maximum Gasteiger partial charge on any atom is 0.254 e. The Labute approximate surface area is 189 Å². The van der Waals surface area contributed by atoms with Gasteiger partial charge in [-0.2, -0.15) is 0 Å². The lowest BCUT2D eigenvalue weighted by atomic mass is 10.1. The van der Waals surface area contributed by atoms with E-state index in [9.17, 15) is 4.79 Å². The van der Waals surface area contributed by atoms with Crippen LogP contribution < -0.4 is 14.4 Å². The van der Waals surface area contributed by atoms with Gasteiger partial charge in [-0.25, -0.2) is 0 Å². The first-order valence-corrected chi connectivity index (χ1v) is 11.0. The van der Waals surface area contributed by atoms with Crippen LogP contribution in [0.15, 0.2) is 84.4 Å². The van der Waals surface area contributed by atoms with E-state index in [0.29, 0.717) is 13.1 Å². The van der Waals surface area contributed by atoms with Crippen LogP contribution in [0.25, 0.3) is 0 Å². The van der Waals surface area contributed by atoms with Gasteiger partial charge < -0.3 is 19.3 Å². The number of nitrogens with one attached hydrogen (secondary N) is 1. The number of ether oxygens (including phenoxy) is 1. The SMILES string of the molecule is C=C/C=C(\C=C)NSc1ccc(C)c(C(=O)N2CCN(c3ccccc3OC)CC2)c1. The number of piperazine rings is 1. The maximum absolute atomic E-state index is 13.2. The highest BCUT2D eigenvalue weighted by atomic mass is 32.2. The molecule has 1 aliphatic rings. The molecule has 6 heteroatoms. The molecule has 2 aromatic rings. The van der Waals surface area contributed by atoms with Crippen molar-refractivity contribution in [3.05, 3.63) is 90.7 Å². The molecule has 3 rings (SSSR count). The zero-order valence-corrected chi connectivity index (χ0v) is 19.0. The summed E-state index contributed by atoms with van der Waals surface area (Å²) in [6.07, 6.45) is 5.29. The van der Waals surface area contributed by atoms with E-state index in [1.165, 1.54) is 11.9 Å². The topological polar surface area (TPSA) is 44.8 Å². The molecule has 1 N–H and O–H groups in total. The Hall–Kier alpha value is -3.12. The van der Waals surface area contributed by atoms with Crippen molar-refractivity contribution in [3.63, 3.8) is 0 Å². The van der Waals surface area contributed by atoms with Crippen molar-refractivity contribution in [2.75, 3.05) is 38.2 Å². The van der Waals surface area contributed by atoms with Crippen molar-refractivity contribution in [1.29, 1.82) is 0 Å². The number of carbonyl (C=O) groups is 1. The van der Waals surface area contributed by atoms with E-state index in [1.807, 2.05) is 54.3 Å². The number of hydrogen-bond acceptors (Lipinski definition) is 5. The van der Waals surface area contributed by atoms with Crippen LogP contribution in [-0.4, -0.2) is 44.1 Å². The minimum Gasteiger partial charge on any atom is -0.495 e. The Bertz CT molecular complexity index is 978. The number of amides is 1. The average molecular weight is 436 g/mol. The highest BCUT2D eigenvalue weighted by molar-refractivity contribution is 7.97. The Morgan fingerprint density at radius 3 is 2.55 bits per heavy atom. The van der Waals surface area contributed by atoms with Gasteiger partial charge in [0.05, 0.1) is 12.8 Å². The predicted molar refractivity (Wildman–Crippen MR) is 130 cm³/mol. The van der Waals surface area contributed by atoms with E-state index in [1.54, 1.807) is 19.3 Å². The summed E-state index contributed by atoms with van der Waals surface area (Å²) < 4.78 is 8.72. The van der Waals surface area contributed by atoms with Gasteiger partial charge >= 0.3 is 0 Å². The molecule has 0 saturated carbocycles. The molecule has 1 amide bonds. The number of benzene rings is 2. The molecule has 0 unspecified atom stereocenters. The van der Waals surface area contributed by atoms with Crippen LogP contribution in [0.2, 0.25) is 0 Å². The van der Waals surface area contributed by atoms with Gasteiger partial charge in [-0.3, -0.25) is 4.79 Å². The molecule has 5 nitrogen and oxygen atoms in total. The number of hydrogen-bond donors (Lipinski definition) is 1. The number of carbonyl (C=O) groups excluding carboxylic acids is 1. The minimum atomic E-state index is 0.0743. The Morgan fingerprint density at radius 2 is 1.87 bits per heavy atom. The van der Waals surface area contributed by atoms with E-state index < -0.39 is 0 Å². The number of rotatable bonds is 8. The first kappa shape index (κ1) is 22.6. The fraction of sp³-hybridized carbons (Fsp3) is 0.240. The lowest BCUT2D eigenvalue weighted by Gasteiger charge is -2.36. The van der Waals surface area contributed by atoms with E-state index in [0.717, 1.165) is 46.2 Å². The molecule has 0 spiro atoms. The molecule has 0 radical (unpaired) electrons. The summed E-state index contributed by atoms with van der Waals surface area (Å²) in [5, 5.41) is 0. The number of para-hydroxylation sites is 2. The fourth-order valence-corrected chi connectivity index (χ4v) is 4.20. The fourth-order valence-electron chi connectivity index (χ4n) is 3.50. The second kappa shape index (κ2) is 10.8. The third kappa shape index (κ3) is 5.52. The summed E-state index contributed by atoms with van der Waals surface area (Å²) >= 11 is 1.45. The van der Waals surface area contributed by atoms with Crippen molar-refractivity contribution in [3.8, 4) is 5.75 Å². The van der Waals surface area contributed by atoms with Crippen LogP contribution in [0.4, 0.5) is 5.69 Å². The molecule has 1 fully saturated rings. The van der Waals surface area contributed by atoms with E-state index in [2.05, 4.69) is 28.8 Å². The Kier molecular flexibility index (Phi) is 7.84. The summed E-state index contributed by atoms with van der Waals surface area (Å²) in [5.41, 5.74) is 3.65. The second-order valence-electron chi connectivity index (χ2n) is 7.19. The molecule has 2 aromatic carbocycles. The number of anilines is 1. The zero-order chi connectivity index (χ0) is 22.2. The van der Waals surface area contributed by atoms with Crippen molar-refractivity contribution < 1.29 is 9.53 Å². The monoisotopic (exact) mass is 435 g/mol. The van der Waals surface area contributed by atoms with Crippen LogP contribution in [0.3, 0.4) is 0 Å². The molecule has 1 aliphatic heterocycles. The molecule has 162 valence electrons. The molecule has 0 aromatic heterocycles. The standard InChI is InChI=1S/C25H29N3O2S/c1-5-9-20(6-2)26-31-21-13-12-19(3)22(18-21)25(29)28-16-14-27(15-17-28)23-10-7-8-11-24(23)30-4/h5-13,18,26H,1-2,14-17H2,3-4H3/b20-9+. The van der Waals surface area contributed by atoms with Gasteiger partial charge in [0.25, 0.3) is 5.91 Å². The summed E-state index contributed by atoms with van der Waals surface area (Å²) in [4.78, 5) is 18.4. The highest BCUT2D eigenvalue weighted by Crippen LogP contribution is 2.29. The van der Waals surface area contributed by atoms with E-state index in [-0.39, 0.29) is 5.91 Å². The molecule has 1 saturated heterocycles. The predicted octanol–water partition coefficient (Wildman–Crippen LogP) is 4.82. The van der Waals surface area contributed by atoms with Crippen molar-refractivity contribution in [2.24, 2.45) is 0 Å². The van der Waals surface area contributed by atoms with Gasteiger partial charge in [0.1, 0.15) is 5.75 Å². The lowest BCUT2D eigenvalue weighted by Crippen LogP contribution is -2.49. The summed E-state index contributed by atoms with van der Waals surface area (Å²) in [5.74, 6) is 0.935. The Morgan fingerprint density at radius 1 is 1.13 bits per heavy atom. The number of allylic oxidation sites excluding steroid dienone is 3. The Balaban J connectivity index is 1.67. The highest BCUT2D eigenvalue weighted by Gasteiger charge is 2.24. The van der Waals surface area contributed by atoms with Crippen LogP contribution in [0, 0.1) is 6.92 Å². The van der Waals surface area contributed by atoms with Crippen LogP contribution in [0.1, 0.15) is 15.9 Å². The van der Waals surface area contributed by atoms with Gasteiger partial charge in [-0.05, 0) is 60.9 Å². The second-order valence-corrected chi connectivity index (χ2v) is 8.07. The smallest absolute Gasteiger partial charge is 0.254 e. The largest absolute Gasteiger partial charge is 0.495 e. The maximum atomic E-state index is 13.2. The summed E-state index contributed by atoms with van der Waals surface area (Å²) in [6, 6.07) is 14.0. The van der Waals surface area contributed by atoms with Gasteiger partial charge in [0.15, 0.2) is 0 Å². The minimum absolute atomic E-state index is 0.0743. The normalized spacial score (nSPS) is 14.2. The van der Waals surface area contributed by atoms with Gasteiger partial charge in [0.2, 0.25) is 0 Å². The summed E-state index contributed by atoms with van der Waals surface area (Å²) in [6.45, 7) is 12.4. The van der Waals surface area contributed by atoms with Crippen LogP contribution in [-0.2, 0) is 0 Å². The van der Waals surface area contributed by atoms with Crippen molar-refractivity contribution in [1.82, 2.24) is 9.62 Å². The first-order chi connectivity index (χ1) is 15.1. The first-order valence-electron chi connectivity index (χ1n) is 10.2.